The molecule has 3 aromatic heterocycles. The van der Waals surface area contributed by atoms with Gasteiger partial charge in [-0.1, -0.05) is 57.2 Å². The van der Waals surface area contributed by atoms with Crippen LogP contribution in [0.25, 0.3) is 33.8 Å². The van der Waals surface area contributed by atoms with Crippen LogP contribution in [-0.2, 0) is 20.1 Å². The van der Waals surface area contributed by atoms with Gasteiger partial charge >= 0.3 is 20.1 Å². The van der Waals surface area contributed by atoms with Crippen LogP contribution in [0.2, 0.25) is 0 Å². The summed E-state index contributed by atoms with van der Waals surface area (Å²) in [5.74, 6) is 0. The molecule has 0 N–H and O–H groups in total. The molecule has 0 saturated carbocycles. The first-order valence-electron chi connectivity index (χ1n) is 13.1. The van der Waals surface area contributed by atoms with Gasteiger partial charge in [-0.05, 0) is 35.7 Å². The van der Waals surface area contributed by atoms with Gasteiger partial charge in [0.05, 0.1) is 0 Å². The van der Waals surface area contributed by atoms with Crippen LogP contribution in [0, 0.1) is 39.8 Å². The van der Waals surface area contributed by atoms with E-state index in [2.05, 4.69) is 85.1 Å². The normalized spacial score (nSPS) is 9.73. The van der Waals surface area contributed by atoms with Gasteiger partial charge in [0, 0.05) is 24.3 Å². The molecule has 4 heteroatoms. The van der Waals surface area contributed by atoms with Crippen molar-refractivity contribution in [3.63, 3.8) is 0 Å². The summed E-state index contributed by atoms with van der Waals surface area (Å²) < 4.78 is 0. The van der Waals surface area contributed by atoms with E-state index >= 15 is 0 Å². The topological polar surface area (TPSA) is 38.7 Å². The van der Waals surface area contributed by atoms with Gasteiger partial charge in [0.25, 0.3) is 0 Å². The molecule has 0 fully saturated rings. The minimum atomic E-state index is 0. The van der Waals surface area contributed by atoms with E-state index in [0.29, 0.717) is 0 Å². The average molecular weight is 711 g/mol. The molecule has 0 unspecified atom stereocenters. The van der Waals surface area contributed by atoms with Gasteiger partial charge < -0.3 is 9.97 Å². The van der Waals surface area contributed by atoms with Gasteiger partial charge in [-0.25, -0.2) is 0 Å². The van der Waals surface area contributed by atoms with Crippen LogP contribution in [0.5, 0.6) is 0 Å². The summed E-state index contributed by atoms with van der Waals surface area (Å²) in [5.41, 5.74) is 10.8. The summed E-state index contributed by atoms with van der Waals surface area (Å²) >= 11 is 0. The van der Waals surface area contributed by atoms with Crippen LogP contribution in [0.3, 0.4) is 0 Å². The van der Waals surface area contributed by atoms with Crippen molar-refractivity contribution in [1.82, 2.24) is 15.0 Å². The first kappa shape index (κ1) is 31.2. The third kappa shape index (κ3) is 9.65. The van der Waals surface area contributed by atoms with Crippen LogP contribution < -0.4 is 0 Å². The van der Waals surface area contributed by atoms with E-state index in [4.69, 9.17) is 0 Å². The predicted octanol–water partition coefficient (Wildman–Crippen LogP) is 8.95. The fourth-order valence-corrected chi connectivity index (χ4v) is 3.86. The molecule has 0 bridgehead atoms. The summed E-state index contributed by atoms with van der Waals surface area (Å²) in [5, 5.41) is 0. The van der Waals surface area contributed by atoms with Crippen molar-refractivity contribution in [1.29, 1.82) is 0 Å². The van der Waals surface area contributed by atoms with Gasteiger partial charge in [-0.3, -0.25) is 4.98 Å². The van der Waals surface area contributed by atoms with E-state index < -0.39 is 0 Å². The Morgan fingerprint density at radius 3 is 1.32 bits per heavy atom. The zero-order valence-electron chi connectivity index (χ0n) is 23.5. The fraction of sp³-hybridized carbons (Fsp3) is 0.0811. The second kappa shape index (κ2) is 16.0. The monoisotopic (exact) mass is 711 g/mol. The van der Waals surface area contributed by atoms with Crippen LogP contribution in [0.1, 0.15) is 22.3 Å². The minimum Gasteiger partial charge on any atom is -0.305 e. The van der Waals surface area contributed by atoms with E-state index in [-0.39, 0.29) is 20.1 Å². The maximum Gasteiger partial charge on any atom is 3.00 e. The van der Waals surface area contributed by atoms with Gasteiger partial charge in [-0.15, -0.1) is 88.0 Å². The second-order valence-electron chi connectivity index (χ2n) is 9.36. The first-order chi connectivity index (χ1) is 19.5. The summed E-state index contributed by atoms with van der Waals surface area (Å²) in [6.45, 7) is 10.2. The molecule has 6 rings (SSSR count). The van der Waals surface area contributed by atoms with Gasteiger partial charge in [-0.2, -0.15) is 18.6 Å². The predicted molar refractivity (Wildman–Crippen MR) is 165 cm³/mol. The number of hydrogen-bond acceptors (Lipinski definition) is 3. The van der Waals surface area contributed by atoms with E-state index in [9.17, 15) is 0 Å². The standard InChI is InChI=1S/C13H12N.2C12H10N.Ir/c1-10-6-7-12(11(2)9-10)13-5-3-4-8-14-13;2*1-10-5-7-11(8-6-10)12-4-2-3-9-13-12;/h3-9H,2H2,1H3;2*2-7,9H,1H3;/q3*-1;+3. The SMILES string of the molecule is Cc1c[c-]c(-c2ccccn2)cc1.Cc1c[c-]c(-c2ccccn2)cc1.[CH2-]c1cc(C)ccc1-c1ccccn1.[Ir+3]. The maximum absolute atomic E-state index is 4.30. The molecule has 0 aliphatic rings. The number of pyridine rings is 3. The van der Waals surface area contributed by atoms with Crippen molar-refractivity contribution in [3.8, 4) is 33.8 Å². The number of hydrogen-bond donors (Lipinski definition) is 0. The van der Waals surface area contributed by atoms with Crippen molar-refractivity contribution < 1.29 is 20.1 Å². The minimum absolute atomic E-state index is 0. The van der Waals surface area contributed by atoms with Gasteiger partial charge in [0.2, 0.25) is 0 Å². The molecule has 3 heterocycles. The number of aryl methyl sites for hydroxylation is 3. The van der Waals surface area contributed by atoms with Crippen LogP contribution in [0.4, 0.5) is 0 Å². The number of nitrogens with zero attached hydrogens (tertiary/aromatic N) is 3. The summed E-state index contributed by atoms with van der Waals surface area (Å²) in [4.78, 5) is 12.8. The molecule has 3 nitrogen and oxygen atoms in total. The Morgan fingerprint density at radius 2 is 0.951 bits per heavy atom. The zero-order chi connectivity index (χ0) is 28.2. The zero-order valence-corrected chi connectivity index (χ0v) is 25.9. The molecule has 3 aromatic carbocycles. The van der Waals surface area contributed by atoms with Crippen molar-refractivity contribution in [2.75, 3.05) is 0 Å². The molecular formula is C37H32IrN3. The van der Waals surface area contributed by atoms with Crippen molar-refractivity contribution >= 4 is 0 Å². The molecule has 0 saturated heterocycles. The third-order valence-electron chi connectivity index (χ3n) is 6.02. The molecule has 0 aliphatic heterocycles. The van der Waals surface area contributed by atoms with E-state index in [1.54, 1.807) is 18.6 Å². The number of rotatable bonds is 3. The van der Waals surface area contributed by atoms with Crippen molar-refractivity contribution in [2.24, 2.45) is 0 Å². The van der Waals surface area contributed by atoms with Crippen molar-refractivity contribution in [3.05, 3.63) is 169 Å². The Bertz CT molecular complexity index is 1500. The molecule has 0 amide bonds. The maximum atomic E-state index is 4.30. The Balaban J connectivity index is 0.000000167. The summed E-state index contributed by atoms with van der Waals surface area (Å²) in [6.07, 6.45) is 5.39. The third-order valence-corrected chi connectivity index (χ3v) is 6.02. The quantitative estimate of drug-likeness (QED) is 0.172. The van der Waals surface area contributed by atoms with E-state index in [0.717, 1.165) is 39.3 Å². The number of benzene rings is 3. The molecule has 0 radical (unpaired) electrons. The Labute approximate surface area is 257 Å². The molecule has 6 aromatic rings. The molecule has 0 spiro atoms. The van der Waals surface area contributed by atoms with Gasteiger partial charge in [0.15, 0.2) is 0 Å². The van der Waals surface area contributed by atoms with Crippen LogP contribution in [0.15, 0.2) is 128 Å². The van der Waals surface area contributed by atoms with Gasteiger partial charge in [0.1, 0.15) is 0 Å². The molecule has 204 valence electrons. The molecule has 41 heavy (non-hydrogen) atoms. The molecule has 0 atom stereocenters. The molecular weight excluding hydrogens is 679 g/mol. The average Bonchev–Trinajstić information content (AvgIpc) is 3.00. The van der Waals surface area contributed by atoms with Crippen LogP contribution >= 0.6 is 0 Å². The summed E-state index contributed by atoms with van der Waals surface area (Å²) in [6, 6.07) is 42.4. The number of aromatic nitrogens is 3. The smallest absolute Gasteiger partial charge is 0.305 e. The largest absolute Gasteiger partial charge is 3.00 e. The first-order valence-corrected chi connectivity index (χ1v) is 13.1. The fourth-order valence-electron chi connectivity index (χ4n) is 3.86. The summed E-state index contributed by atoms with van der Waals surface area (Å²) in [7, 11) is 0. The van der Waals surface area contributed by atoms with E-state index in [1.807, 2.05) is 78.9 Å². The van der Waals surface area contributed by atoms with E-state index in [1.165, 1.54) is 16.7 Å². The Morgan fingerprint density at radius 1 is 0.512 bits per heavy atom. The Kier molecular flexibility index (Phi) is 12.2. The Hall–Kier alpha value is -4.37. The van der Waals surface area contributed by atoms with Crippen LogP contribution in [-0.4, -0.2) is 15.0 Å². The second-order valence-corrected chi connectivity index (χ2v) is 9.36. The molecule has 0 aliphatic carbocycles. The van der Waals surface area contributed by atoms with Crippen molar-refractivity contribution in [2.45, 2.75) is 20.8 Å².